The van der Waals surface area contributed by atoms with Crippen LogP contribution in [-0.2, 0) is 6.42 Å². The molecule has 0 heterocycles. The van der Waals surface area contributed by atoms with E-state index < -0.39 is 0 Å². The van der Waals surface area contributed by atoms with Crippen LogP contribution in [0, 0.1) is 20.8 Å². The minimum atomic E-state index is 0.190. The minimum Gasteiger partial charge on any atom is -0.396 e. The van der Waals surface area contributed by atoms with Gasteiger partial charge in [0, 0.05) is 6.61 Å². The van der Waals surface area contributed by atoms with Gasteiger partial charge in [-0.05, 0) is 71.0 Å². The van der Waals surface area contributed by atoms with E-state index in [1.54, 1.807) is 0 Å². The molecule has 1 nitrogen and oxygen atoms in total. The lowest BCUT2D eigenvalue weighted by atomic mass is 9.89. The van der Waals surface area contributed by atoms with Gasteiger partial charge in [-0.25, -0.2) is 0 Å². The molecular weight excluding hydrogens is 244 g/mol. The molecule has 1 N–H and O–H groups in total. The second-order valence-corrected chi connectivity index (χ2v) is 5.60. The first-order valence-electron chi connectivity index (χ1n) is 7.15. The highest BCUT2D eigenvalue weighted by molar-refractivity contribution is 6.06. The number of benzene rings is 3. The Morgan fingerprint density at radius 3 is 2.05 bits per heavy atom. The van der Waals surface area contributed by atoms with Gasteiger partial charge < -0.3 is 5.11 Å². The molecule has 0 unspecified atom stereocenters. The van der Waals surface area contributed by atoms with Crippen molar-refractivity contribution in [3.63, 3.8) is 0 Å². The van der Waals surface area contributed by atoms with E-state index in [4.69, 9.17) is 0 Å². The normalized spacial score (nSPS) is 11.4. The SMILES string of the molecule is Cc1cc2c(C)c3ccccc3c(CCO)c2cc1C. The zero-order valence-corrected chi connectivity index (χ0v) is 12.3. The molecule has 0 bridgehead atoms. The molecule has 0 aliphatic heterocycles. The van der Waals surface area contributed by atoms with Crippen molar-refractivity contribution in [1.82, 2.24) is 0 Å². The number of fused-ring (bicyclic) bond motifs is 2. The van der Waals surface area contributed by atoms with Crippen molar-refractivity contribution >= 4 is 21.5 Å². The first kappa shape index (κ1) is 13.1. The van der Waals surface area contributed by atoms with Crippen LogP contribution in [0.3, 0.4) is 0 Å². The summed E-state index contributed by atoms with van der Waals surface area (Å²) in [5, 5.41) is 14.6. The highest BCUT2D eigenvalue weighted by atomic mass is 16.2. The average Bonchev–Trinajstić information content (AvgIpc) is 2.46. The Kier molecular flexibility index (Phi) is 3.23. The van der Waals surface area contributed by atoms with Crippen LogP contribution in [0.15, 0.2) is 36.4 Å². The first-order chi connectivity index (χ1) is 9.63. The Morgan fingerprint density at radius 2 is 1.40 bits per heavy atom. The second-order valence-electron chi connectivity index (χ2n) is 5.60. The second kappa shape index (κ2) is 4.92. The topological polar surface area (TPSA) is 20.2 Å². The van der Waals surface area contributed by atoms with E-state index in [9.17, 15) is 5.11 Å². The number of aliphatic hydroxyl groups excluding tert-OH is 1. The highest BCUT2D eigenvalue weighted by Crippen LogP contribution is 2.34. The summed E-state index contributed by atoms with van der Waals surface area (Å²) in [6, 6.07) is 13.1. The number of rotatable bonds is 2. The average molecular weight is 264 g/mol. The van der Waals surface area contributed by atoms with Crippen molar-refractivity contribution in [2.45, 2.75) is 27.2 Å². The van der Waals surface area contributed by atoms with Crippen LogP contribution in [0.2, 0.25) is 0 Å². The van der Waals surface area contributed by atoms with Gasteiger partial charge in [0.25, 0.3) is 0 Å². The summed E-state index contributed by atoms with van der Waals surface area (Å²) in [7, 11) is 0. The maximum atomic E-state index is 9.43. The number of hydrogen-bond acceptors (Lipinski definition) is 1. The van der Waals surface area contributed by atoms with E-state index >= 15 is 0 Å². The Labute approximate surface area is 119 Å². The van der Waals surface area contributed by atoms with Crippen molar-refractivity contribution in [3.05, 3.63) is 58.7 Å². The summed E-state index contributed by atoms with van der Waals surface area (Å²) in [5.41, 5.74) is 5.24. The quantitative estimate of drug-likeness (QED) is 0.678. The number of aryl methyl sites for hydroxylation is 3. The Hall–Kier alpha value is -1.86. The maximum Gasteiger partial charge on any atom is 0.0471 e. The number of hydrogen-bond donors (Lipinski definition) is 1. The van der Waals surface area contributed by atoms with Gasteiger partial charge in [0.1, 0.15) is 0 Å². The van der Waals surface area contributed by atoms with Crippen LogP contribution >= 0.6 is 0 Å². The third-order valence-electron chi connectivity index (χ3n) is 4.38. The molecule has 0 saturated carbocycles. The van der Waals surface area contributed by atoms with Crippen LogP contribution in [0.5, 0.6) is 0 Å². The standard InChI is InChI=1S/C19H20O/c1-12-10-18-14(3)15-6-4-5-7-16(15)17(8-9-20)19(18)11-13(12)2/h4-7,10-11,20H,8-9H2,1-3H3. The van der Waals surface area contributed by atoms with Crippen molar-refractivity contribution in [3.8, 4) is 0 Å². The largest absolute Gasteiger partial charge is 0.396 e. The van der Waals surface area contributed by atoms with Crippen molar-refractivity contribution < 1.29 is 5.11 Å². The smallest absolute Gasteiger partial charge is 0.0471 e. The summed E-state index contributed by atoms with van der Waals surface area (Å²) in [6.45, 7) is 6.70. The fourth-order valence-corrected chi connectivity index (χ4v) is 3.12. The van der Waals surface area contributed by atoms with Gasteiger partial charge in [0.05, 0.1) is 0 Å². The zero-order valence-electron chi connectivity index (χ0n) is 12.3. The van der Waals surface area contributed by atoms with Crippen LogP contribution in [-0.4, -0.2) is 11.7 Å². The predicted octanol–water partition coefficient (Wildman–Crippen LogP) is 4.45. The molecule has 0 aliphatic rings. The fraction of sp³-hybridized carbons (Fsp3) is 0.263. The lowest BCUT2D eigenvalue weighted by molar-refractivity contribution is 0.300. The van der Waals surface area contributed by atoms with Gasteiger partial charge in [0.15, 0.2) is 0 Å². The van der Waals surface area contributed by atoms with Crippen LogP contribution in [0.25, 0.3) is 21.5 Å². The van der Waals surface area contributed by atoms with Crippen molar-refractivity contribution in [2.24, 2.45) is 0 Å². The van der Waals surface area contributed by atoms with E-state index in [1.165, 1.54) is 43.8 Å². The first-order valence-corrected chi connectivity index (χ1v) is 7.15. The lowest BCUT2D eigenvalue weighted by Crippen LogP contribution is -1.97. The Balaban J connectivity index is 2.55. The molecule has 0 saturated heterocycles. The van der Waals surface area contributed by atoms with Gasteiger partial charge in [-0.1, -0.05) is 36.4 Å². The maximum absolute atomic E-state index is 9.43. The van der Waals surface area contributed by atoms with Crippen LogP contribution in [0.4, 0.5) is 0 Å². The summed E-state index contributed by atoms with van der Waals surface area (Å²) in [4.78, 5) is 0. The van der Waals surface area contributed by atoms with Crippen molar-refractivity contribution in [2.75, 3.05) is 6.61 Å². The van der Waals surface area contributed by atoms with Gasteiger partial charge in [0.2, 0.25) is 0 Å². The monoisotopic (exact) mass is 264 g/mol. The molecule has 20 heavy (non-hydrogen) atoms. The molecule has 0 aliphatic carbocycles. The van der Waals surface area contributed by atoms with E-state index in [0.29, 0.717) is 6.42 Å². The number of aliphatic hydroxyl groups is 1. The fourth-order valence-electron chi connectivity index (χ4n) is 3.12. The summed E-state index contributed by atoms with van der Waals surface area (Å²) in [6.07, 6.45) is 0.708. The van der Waals surface area contributed by atoms with Crippen molar-refractivity contribution in [1.29, 1.82) is 0 Å². The summed E-state index contributed by atoms with van der Waals surface area (Å²) in [5.74, 6) is 0. The predicted molar refractivity (Wildman–Crippen MR) is 86.5 cm³/mol. The van der Waals surface area contributed by atoms with Crippen LogP contribution in [0.1, 0.15) is 22.3 Å². The molecule has 0 amide bonds. The molecular formula is C19H20O. The molecule has 0 atom stereocenters. The van der Waals surface area contributed by atoms with Gasteiger partial charge in [-0.2, -0.15) is 0 Å². The third kappa shape index (κ3) is 1.90. The molecule has 0 radical (unpaired) electrons. The zero-order chi connectivity index (χ0) is 14.3. The molecule has 0 aromatic heterocycles. The van der Waals surface area contributed by atoms with E-state index in [0.717, 1.165) is 0 Å². The molecule has 3 aromatic carbocycles. The van der Waals surface area contributed by atoms with Crippen LogP contribution < -0.4 is 0 Å². The van der Waals surface area contributed by atoms with E-state index in [1.807, 2.05) is 0 Å². The summed E-state index contributed by atoms with van der Waals surface area (Å²) < 4.78 is 0. The molecule has 3 rings (SSSR count). The minimum absolute atomic E-state index is 0.190. The molecule has 3 aromatic rings. The Bertz CT molecular complexity index is 800. The van der Waals surface area contributed by atoms with Gasteiger partial charge >= 0.3 is 0 Å². The Morgan fingerprint density at radius 1 is 0.800 bits per heavy atom. The molecule has 0 fully saturated rings. The van der Waals surface area contributed by atoms with Gasteiger partial charge in [-0.15, -0.1) is 0 Å². The highest BCUT2D eigenvalue weighted by Gasteiger charge is 2.11. The molecule has 102 valence electrons. The lowest BCUT2D eigenvalue weighted by Gasteiger charge is -2.16. The molecule has 0 spiro atoms. The molecule has 1 heteroatoms. The van der Waals surface area contributed by atoms with E-state index in [-0.39, 0.29) is 6.61 Å². The van der Waals surface area contributed by atoms with Gasteiger partial charge in [-0.3, -0.25) is 0 Å². The van der Waals surface area contributed by atoms with E-state index in [2.05, 4.69) is 57.2 Å². The third-order valence-corrected chi connectivity index (χ3v) is 4.38. The summed E-state index contributed by atoms with van der Waals surface area (Å²) >= 11 is 0.